The van der Waals surface area contributed by atoms with Crippen molar-refractivity contribution in [3.8, 4) is 0 Å². The zero-order chi connectivity index (χ0) is 16.6. The number of aromatic nitrogens is 1. The van der Waals surface area contributed by atoms with Crippen molar-refractivity contribution >= 4 is 11.8 Å². The number of hydrogen-bond acceptors (Lipinski definition) is 4. The van der Waals surface area contributed by atoms with Gasteiger partial charge >= 0.3 is 0 Å². The van der Waals surface area contributed by atoms with Crippen LogP contribution in [0.4, 0.5) is 0 Å². The summed E-state index contributed by atoms with van der Waals surface area (Å²) in [7, 11) is 0. The van der Waals surface area contributed by atoms with Crippen LogP contribution in [0, 0.1) is 12.3 Å². The highest BCUT2D eigenvalue weighted by atomic mass is 16.3. The second-order valence-corrected chi connectivity index (χ2v) is 6.43. The van der Waals surface area contributed by atoms with Crippen molar-refractivity contribution in [3.05, 3.63) is 33.7 Å². The van der Waals surface area contributed by atoms with Gasteiger partial charge in [-0.3, -0.25) is 14.4 Å². The second kappa shape index (κ2) is 5.81. The molecule has 3 heterocycles. The van der Waals surface area contributed by atoms with Gasteiger partial charge in [0, 0.05) is 25.3 Å². The fraction of sp³-hybridized carbons (Fsp3) is 0.562. The summed E-state index contributed by atoms with van der Waals surface area (Å²) < 4.78 is 0. The van der Waals surface area contributed by atoms with Gasteiger partial charge in [-0.2, -0.15) is 0 Å². The third-order valence-corrected chi connectivity index (χ3v) is 4.89. The molecule has 2 amide bonds. The Balaban J connectivity index is 1.87. The van der Waals surface area contributed by atoms with Crippen molar-refractivity contribution in [1.29, 1.82) is 0 Å². The first-order chi connectivity index (χ1) is 10.9. The number of aliphatic hydroxyl groups excluding tert-OH is 1. The largest absolute Gasteiger partial charge is 0.392 e. The Morgan fingerprint density at radius 2 is 2.17 bits per heavy atom. The number of piperidine rings is 2. The number of hydrogen-bond donors (Lipinski definition) is 3. The van der Waals surface area contributed by atoms with Gasteiger partial charge in [-0.1, -0.05) is 0 Å². The molecule has 0 saturated carbocycles. The summed E-state index contributed by atoms with van der Waals surface area (Å²) in [5, 5.41) is 13.1. The maximum absolute atomic E-state index is 12.7. The molecule has 3 rings (SSSR count). The highest BCUT2D eigenvalue weighted by Crippen LogP contribution is 2.37. The highest BCUT2D eigenvalue weighted by Gasteiger charge is 2.50. The molecule has 1 aromatic rings. The molecule has 2 atom stereocenters. The number of nitrogens with one attached hydrogen (secondary N) is 2. The smallest absolute Gasteiger partial charge is 0.260 e. The van der Waals surface area contributed by atoms with Crippen molar-refractivity contribution in [2.45, 2.75) is 32.3 Å². The molecule has 124 valence electrons. The Kier molecular flexibility index (Phi) is 3.97. The molecule has 1 aromatic heterocycles. The number of aryl methyl sites for hydroxylation is 1. The third-order valence-electron chi connectivity index (χ3n) is 4.89. The van der Waals surface area contributed by atoms with E-state index >= 15 is 0 Å². The summed E-state index contributed by atoms with van der Waals surface area (Å²) in [6.45, 7) is 2.82. The first-order valence-electron chi connectivity index (χ1n) is 7.89. The minimum Gasteiger partial charge on any atom is -0.392 e. The van der Waals surface area contributed by atoms with Crippen molar-refractivity contribution in [1.82, 2.24) is 15.2 Å². The molecule has 0 aliphatic carbocycles. The number of carbonyl (C=O) groups excluding carboxylic acids is 2. The normalized spacial score (nSPS) is 27.8. The number of H-pyrrole nitrogens is 1. The second-order valence-electron chi connectivity index (χ2n) is 6.43. The van der Waals surface area contributed by atoms with E-state index in [0.717, 1.165) is 6.42 Å². The Morgan fingerprint density at radius 3 is 2.87 bits per heavy atom. The minimum atomic E-state index is -0.955. The van der Waals surface area contributed by atoms with Crippen molar-refractivity contribution < 1.29 is 14.7 Å². The van der Waals surface area contributed by atoms with Crippen molar-refractivity contribution in [2.24, 2.45) is 5.41 Å². The van der Waals surface area contributed by atoms with E-state index in [4.69, 9.17) is 0 Å². The molecule has 3 N–H and O–H groups in total. The van der Waals surface area contributed by atoms with Crippen LogP contribution in [0.2, 0.25) is 0 Å². The molecule has 2 aliphatic heterocycles. The van der Waals surface area contributed by atoms with Gasteiger partial charge in [-0.15, -0.1) is 0 Å². The van der Waals surface area contributed by atoms with E-state index in [1.54, 1.807) is 13.0 Å². The van der Waals surface area contributed by atoms with Gasteiger partial charge in [-0.05, 0) is 38.3 Å². The van der Waals surface area contributed by atoms with Gasteiger partial charge in [0.1, 0.15) is 5.56 Å². The Labute approximate surface area is 133 Å². The van der Waals surface area contributed by atoms with Crippen LogP contribution in [0.1, 0.15) is 35.3 Å². The Bertz CT molecular complexity index is 699. The number of pyridine rings is 1. The molecule has 0 aromatic carbocycles. The Hall–Kier alpha value is -2.15. The first-order valence-corrected chi connectivity index (χ1v) is 7.89. The van der Waals surface area contributed by atoms with E-state index < -0.39 is 23.0 Å². The van der Waals surface area contributed by atoms with Crippen molar-refractivity contribution in [3.63, 3.8) is 0 Å². The number of carbonyl (C=O) groups is 2. The lowest BCUT2D eigenvalue weighted by molar-refractivity contribution is -0.147. The van der Waals surface area contributed by atoms with Gasteiger partial charge in [0.15, 0.2) is 0 Å². The SMILES string of the molecule is Cc1ccc(C(=O)N2CC[C@H](O)[C@@]3(CCCNC3=O)C2)c(=O)[nH]1. The van der Waals surface area contributed by atoms with E-state index in [9.17, 15) is 19.5 Å². The van der Waals surface area contributed by atoms with E-state index in [2.05, 4.69) is 10.3 Å². The van der Waals surface area contributed by atoms with E-state index in [-0.39, 0.29) is 18.0 Å². The van der Waals surface area contributed by atoms with Crippen LogP contribution >= 0.6 is 0 Å². The lowest BCUT2D eigenvalue weighted by atomic mass is 9.71. The predicted molar refractivity (Wildman–Crippen MR) is 83.0 cm³/mol. The van der Waals surface area contributed by atoms with E-state index in [0.29, 0.717) is 31.6 Å². The first kappa shape index (κ1) is 15.7. The van der Waals surface area contributed by atoms with Gasteiger partial charge in [0.2, 0.25) is 5.91 Å². The summed E-state index contributed by atoms with van der Waals surface area (Å²) in [6, 6.07) is 3.19. The topological polar surface area (TPSA) is 102 Å². The zero-order valence-electron chi connectivity index (χ0n) is 13.1. The van der Waals surface area contributed by atoms with Gasteiger partial charge < -0.3 is 20.3 Å². The number of rotatable bonds is 1. The third kappa shape index (κ3) is 2.65. The van der Waals surface area contributed by atoms with E-state index in [1.165, 1.54) is 11.0 Å². The molecule has 23 heavy (non-hydrogen) atoms. The molecular weight excluding hydrogens is 298 g/mol. The summed E-state index contributed by atoms with van der Waals surface area (Å²) >= 11 is 0. The molecule has 0 radical (unpaired) electrons. The fourth-order valence-electron chi connectivity index (χ4n) is 3.53. The average Bonchev–Trinajstić information content (AvgIpc) is 2.52. The molecule has 7 heteroatoms. The van der Waals surface area contributed by atoms with Gasteiger partial charge in [0.05, 0.1) is 11.5 Å². The van der Waals surface area contributed by atoms with E-state index in [1.807, 2.05) is 0 Å². The summed E-state index contributed by atoms with van der Waals surface area (Å²) in [5.41, 5.74) is -0.630. The molecule has 1 spiro atoms. The lowest BCUT2D eigenvalue weighted by Crippen LogP contribution is -2.62. The van der Waals surface area contributed by atoms with Crippen LogP contribution in [-0.4, -0.2) is 52.5 Å². The number of aliphatic hydroxyl groups is 1. The number of amides is 2. The molecule has 0 unspecified atom stereocenters. The number of aromatic amines is 1. The van der Waals surface area contributed by atoms with Gasteiger partial charge in [0.25, 0.3) is 11.5 Å². The molecule has 0 bridgehead atoms. The number of likely N-dealkylation sites (tertiary alicyclic amines) is 1. The van der Waals surface area contributed by atoms with Gasteiger partial charge in [-0.25, -0.2) is 0 Å². The average molecular weight is 319 g/mol. The Morgan fingerprint density at radius 1 is 1.39 bits per heavy atom. The quantitative estimate of drug-likeness (QED) is 0.666. The van der Waals surface area contributed by atoms with Crippen LogP contribution in [0.25, 0.3) is 0 Å². The molecule has 2 saturated heterocycles. The fourth-order valence-corrected chi connectivity index (χ4v) is 3.53. The zero-order valence-corrected chi connectivity index (χ0v) is 13.1. The number of nitrogens with zero attached hydrogens (tertiary/aromatic N) is 1. The lowest BCUT2D eigenvalue weighted by Gasteiger charge is -2.46. The molecular formula is C16H21N3O4. The van der Waals surface area contributed by atoms with Crippen LogP contribution in [-0.2, 0) is 4.79 Å². The van der Waals surface area contributed by atoms with Crippen molar-refractivity contribution in [2.75, 3.05) is 19.6 Å². The van der Waals surface area contributed by atoms with Crippen LogP contribution in [0.3, 0.4) is 0 Å². The standard InChI is InChI=1S/C16H21N3O4/c1-10-3-4-11(13(21)18-10)14(22)19-8-5-12(20)16(9-19)6-2-7-17-15(16)23/h3-4,12,20H,2,5-9H2,1H3,(H,17,23)(H,18,21)/t12-,16+/m0/s1. The minimum absolute atomic E-state index is 0.0679. The van der Waals surface area contributed by atoms with Crippen LogP contribution in [0.5, 0.6) is 0 Å². The highest BCUT2D eigenvalue weighted by molar-refractivity contribution is 5.95. The monoisotopic (exact) mass is 319 g/mol. The summed E-state index contributed by atoms with van der Waals surface area (Å²) in [6.07, 6.45) is 0.899. The molecule has 7 nitrogen and oxygen atoms in total. The summed E-state index contributed by atoms with van der Waals surface area (Å²) in [4.78, 5) is 41.1. The maximum Gasteiger partial charge on any atom is 0.260 e. The summed E-state index contributed by atoms with van der Waals surface area (Å²) in [5.74, 6) is -0.595. The van der Waals surface area contributed by atoms with Crippen LogP contribution in [0.15, 0.2) is 16.9 Å². The maximum atomic E-state index is 12.7. The van der Waals surface area contributed by atoms with Crippen LogP contribution < -0.4 is 10.9 Å². The molecule has 2 aliphatic rings. The predicted octanol–water partition coefficient (Wildman–Crippen LogP) is -0.213. The molecule has 2 fully saturated rings.